The normalized spacial score (nSPS) is 18.5. The zero-order valence-corrected chi connectivity index (χ0v) is 19.3. The first kappa shape index (κ1) is 23.7. The maximum absolute atomic E-state index is 12.7. The molecule has 2 aromatic rings. The molecule has 0 unspecified atom stereocenters. The maximum Gasteiger partial charge on any atom is 0.262 e. The fourth-order valence-corrected chi connectivity index (χ4v) is 4.06. The third-order valence-corrected chi connectivity index (χ3v) is 6.08. The van der Waals surface area contributed by atoms with E-state index in [9.17, 15) is 10.1 Å². The van der Waals surface area contributed by atoms with Gasteiger partial charge >= 0.3 is 0 Å². The zero-order chi connectivity index (χ0) is 22.9. The van der Waals surface area contributed by atoms with Gasteiger partial charge in [-0.1, -0.05) is 55.6 Å². The van der Waals surface area contributed by atoms with Crippen molar-refractivity contribution in [3.8, 4) is 17.6 Å². The highest BCUT2D eigenvalue weighted by atomic mass is 35.5. The number of halogens is 1. The summed E-state index contributed by atoms with van der Waals surface area (Å²) in [5.74, 6) is 1.21. The molecule has 1 saturated carbocycles. The summed E-state index contributed by atoms with van der Waals surface area (Å²) in [5.41, 5.74) is 1.65. The lowest BCUT2D eigenvalue weighted by molar-refractivity contribution is -0.118. The first-order valence-corrected chi connectivity index (χ1v) is 11.4. The van der Waals surface area contributed by atoms with Gasteiger partial charge in [-0.3, -0.25) is 4.79 Å². The lowest BCUT2D eigenvalue weighted by atomic mass is 9.86. The molecule has 0 bridgehead atoms. The molecule has 0 spiro atoms. The summed E-state index contributed by atoms with van der Waals surface area (Å²) in [6, 6.07) is 15.0. The molecule has 0 aliphatic heterocycles. The van der Waals surface area contributed by atoms with E-state index in [1.807, 2.05) is 37.3 Å². The zero-order valence-electron chi connectivity index (χ0n) is 18.6. The van der Waals surface area contributed by atoms with Crippen LogP contribution in [0.15, 0.2) is 48.0 Å². The van der Waals surface area contributed by atoms with Gasteiger partial charge in [0.15, 0.2) is 11.5 Å². The summed E-state index contributed by atoms with van der Waals surface area (Å²) in [4.78, 5) is 12.7. The van der Waals surface area contributed by atoms with E-state index in [1.54, 1.807) is 24.3 Å². The van der Waals surface area contributed by atoms with Gasteiger partial charge in [-0.05, 0) is 55.5 Å². The molecule has 0 saturated heterocycles. The molecule has 6 heteroatoms. The van der Waals surface area contributed by atoms with Crippen LogP contribution < -0.4 is 14.8 Å². The molecular weight excluding hydrogens is 424 g/mol. The van der Waals surface area contributed by atoms with Gasteiger partial charge in [0.2, 0.25) is 0 Å². The van der Waals surface area contributed by atoms with Crippen LogP contribution >= 0.6 is 11.6 Å². The predicted octanol–water partition coefficient (Wildman–Crippen LogP) is 5.92. The molecular formula is C26H29ClN2O3. The minimum absolute atomic E-state index is 0.0787. The van der Waals surface area contributed by atoms with Crippen LogP contribution in [0.25, 0.3) is 6.08 Å². The number of nitriles is 1. The van der Waals surface area contributed by atoms with Gasteiger partial charge in [-0.2, -0.15) is 5.26 Å². The molecule has 2 aromatic carbocycles. The van der Waals surface area contributed by atoms with Crippen LogP contribution in [0.1, 0.15) is 50.7 Å². The molecule has 1 N–H and O–H groups in total. The molecule has 3 rings (SSSR count). The van der Waals surface area contributed by atoms with Crippen molar-refractivity contribution in [2.24, 2.45) is 5.92 Å². The number of hydrogen-bond donors (Lipinski definition) is 1. The van der Waals surface area contributed by atoms with Gasteiger partial charge in [0.1, 0.15) is 18.2 Å². The maximum atomic E-state index is 12.7. The predicted molar refractivity (Wildman–Crippen MR) is 127 cm³/mol. The average molecular weight is 453 g/mol. The smallest absolute Gasteiger partial charge is 0.262 e. The summed E-state index contributed by atoms with van der Waals surface area (Å²) in [6.45, 7) is 4.80. The highest BCUT2D eigenvalue weighted by molar-refractivity contribution is 6.31. The molecule has 1 fully saturated rings. The number of carbonyl (C=O) groups excluding carboxylic acids is 1. The lowest BCUT2D eigenvalue weighted by Gasteiger charge is -2.29. The Bertz CT molecular complexity index is 1010. The van der Waals surface area contributed by atoms with Crippen molar-refractivity contribution in [2.75, 3.05) is 6.61 Å². The summed E-state index contributed by atoms with van der Waals surface area (Å²) in [7, 11) is 0. The summed E-state index contributed by atoms with van der Waals surface area (Å²) in [6.07, 6.45) is 5.94. The van der Waals surface area contributed by atoms with Gasteiger partial charge in [-0.15, -0.1) is 0 Å². The van der Waals surface area contributed by atoms with Crippen LogP contribution in [0.4, 0.5) is 0 Å². The van der Waals surface area contributed by atoms with E-state index in [0.717, 1.165) is 24.8 Å². The second-order valence-corrected chi connectivity index (χ2v) is 8.44. The number of nitrogens with one attached hydrogen (secondary N) is 1. The minimum atomic E-state index is -0.330. The molecule has 0 heterocycles. The highest BCUT2D eigenvalue weighted by Gasteiger charge is 2.24. The Labute approximate surface area is 195 Å². The Morgan fingerprint density at radius 2 is 1.97 bits per heavy atom. The number of hydrogen-bond acceptors (Lipinski definition) is 4. The number of nitrogens with zero attached hydrogens (tertiary/aromatic N) is 1. The van der Waals surface area contributed by atoms with E-state index in [0.29, 0.717) is 41.2 Å². The number of ether oxygens (including phenoxy) is 2. The van der Waals surface area contributed by atoms with E-state index < -0.39 is 0 Å². The Morgan fingerprint density at radius 1 is 1.19 bits per heavy atom. The van der Waals surface area contributed by atoms with E-state index >= 15 is 0 Å². The topological polar surface area (TPSA) is 71.3 Å². The second kappa shape index (κ2) is 11.6. The Kier molecular flexibility index (Phi) is 8.58. The quantitative estimate of drug-likeness (QED) is 0.398. The van der Waals surface area contributed by atoms with Crippen LogP contribution in [0.5, 0.6) is 11.5 Å². The van der Waals surface area contributed by atoms with Crippen molar-refractivity contribution < 1.29 is 14.3 Å². The van der Waals surface area contributed by atoms with E-state index in [4.69, 9.17) is 21.1 Å². The minimum Gasteiger partial charge on any atom is -0.490 e. The largest absolute Gasteiger partial charge is 0.490 e. The van der Waals surface area contributed by atoms with Crippen molar-refractivity contribution in [3.05, 3.63) is 64.2 Å². The van der Waals surface area contributed by atoms with Crippen molar-refractivity contribution in [1.82, 2.24) is 5.32 Å². The number of carbonyl (C=O) groups is 1. The molecule has 32 heavy (non-hydrogen) atoms. The van der Waals surface area contributed by atoms with Crippen LogP contribution in [-0.2, 0) is 11.4 Å². The monoisotopic (exact) mass is 452 g/mol. The summed E-state index contributed by atoms with van der Waals surface area (Å²) >= 11 is 6.21. The number of benzene rings is 2. The molecule has 2 atom stereocenters. The van der Waals surface area contributed by atoms with Gasteiger partial charge in [0.25, 0.3) is 5.91 Å². The van der Waals surface area contributed by atoms with Crippen LogP contribution in [0.2, 0.25) is 5.02 Å². The fourth-order valence-electron chi connectivity index (χ4n) is 3.87. The van der Waals surface area contributed by atoms with E-state index in [-0.39, 0.29) is 17.5 Å². The molecule has 0 aromatic heterocycles. The first-order chi connectivity index (χ1) is 15.5. The molecule has 0 radical (unpaired) electrons. The van der Waals surface area contributed by atoms with Gasteiger partial charge in [0.05, 0.1) is 6.61 Å². The first-order valence-electron chi connectivity index (χ1n) is 11.1. The van der Waals surface area contributed by atoms with Crippen LogP contribution in [0.3, 0.4) is 0 Å². The van der Waals surface area contributed by atoms with Crippen molar-refractivity contribution in [3.63, 3.8) is 0 Å². The molecule has 5 nitrogen and oxygen atoms in total. The number of rotatable bonds is 8. The van der Waals surface area contributed by atoms with Gasteiger partial charge < -0.3 is 14.8 Å². The highest BCUT2D eigenvalue weighted by Crippen LogP contribution is 2.31. The van der Waals surface area contributed by atoms with Crippen molar-refractivity contribution >= 4 is 23.6 Å². The SMILES string of the molecule is CCOc1cc(/C=C(\C#N)C(=O)N[C@H]2CCCC[C@@H]2C)ccc1OCc1ccccc1Cl. The van der Waals surface area contributed by atoms with Gasteiger partial charge in [0, 0.05) is 16.6 Å². The van der Waals surface area contributed by atoms with Crippen LogP contribution in [-0.4, -0.2) is 18.6 Å². The van der Waals surface area contributed by atoms with E-state index in [2.05, 4.69) is 12.2 Å². The molecule has 168 valence electrons. The second-order valence-electron chi connectivity index (χ2n) is 8.03. The van der Waals surface area contributed by atoms with Crippen molar-refractivity contribution in [2.45, 2.75) is 52.2 Å². The van der Waals surface area contributed by atoms with Gasteiger partial charge in [-0.25, -0.2) is 0 Å². The lowest BCUT2D eigenvalue weighted by Crippen LogP contribution is -2.41. The number of amides is 1. The van der Waals surface area contributed by atoms with Crippen LogP contribution in [0, 0.1) is 17.2 Å². The Balaban J connectivity index is 1.75. The van der Waals surface area contributed by atoms with E-state index in [1.165, 1.54) is 6.42 Å². The molecule has 1 aliphatic carbocycles. The Hall–Kier alpha value is -2.97. The third kappa shape index (κ3) is 6.27. The molecule has 1 aliphatic rings. The standard InChI is InChI=1S/C26H29ClN2O3/c1-3-31-25-15-19(12-13-24(25)32-17-20-9-5-6-10-22(20)27)14-21(16-28)26(30)29-23-11-7-4-8-18(23)2/h5-6,9-10,12-15,18,23H,3-4,7-8,11,17H2,1-2H3,(H,29,30)/b21-14+/t18-,23-/m0/s1. The summed E-state index contributed by atoms with van der Waals surface area (Å²) < 4.78 is 11.7. The average Bonchev–Trinajstić information content (AvgIpc) is 2.79. The summed E-state index contributed by atoms with van der Waals surface area (Å²) in [5, 5.41) is 13.2. The molecule has 1 amide bonds. The van der Waals surface area contributed by atoms with Crippen molar-refractivity contribution in [1.29, 1.82) is 5.26 Å². The third-order valence-electron chi connectivity index (χ3n) is 5.71. The Morgan fingerprint density at radius 3 is 2.69 bits per heavy atom. The fraction of sp³-hybridized carbons (Fsp3) is 0.385.